The van der Waals surface area contributed by atoms with Gasteiger partial charge in [0.2, 0.25) is 23.5 Å². The van der Waals surface area contributed by atoms with Crippen molar-refractivity contribution in [1.29, 1.82) is 0 Å². The molecule has 5 amide bonds. The Balaban J connectivity index is 1.01. The van der Waals surface area contributed by atoms with Crippen molar-refractivity contribution in [3.05, 3.63) is 24.3 Å². The zero-order chi connectivity index (χ0) is 35.6. The molecule has 13 nitrogen and oxygen atoms in total. The molecule has 7 fully saturated rings. The van der Waals surface area contributed by atoms with Gasteiger partial charge in [-0.25, -0.2) is 4.98 Å². The molecule has 0 aromatic carbocycles. The highest BCUT2D eigenvalue weighted by molar-refractivity contribution is 6.38. The summed E-state index contributed by atoms with van der Waals surface area (Å²) in [5.41, 5.74) is -0.312. The van der Waals surface area contributed by atoms with Crippen LogP contribution in [0, 0.1) is 46.8 Å². The smallest absolute Gasteiger partial charge is 0.289 e. The average molecular weight is 702 g/mol. The van der Waals surface area contributed by atoms with Crippen molar-refractivity contribution in [2.75, 3.05) is 6.54 Å². The molecule has 0 radical (unpaired) electrons. The maximum atomic E-state index is 14.8. The largest absolute Gasteiger partial charge is 0.346 e. The van der Waals surface area contributed by atoms with E-state index in [4.69, 9.17) is 0 Å². The molecule has 6 saturated carbocycles. The summed E-state index contributed by atoms with van der Waals surface area (Å²) in [4.78, 5) is 92.6. The summed E-state index contributed by atoms with van der Waals surface area (Å²) in [5.74, 6) is -1.19. The Morgan fingerprint density at radius 1 is 0.902 bits per heavy atom. The molecule has 274 valence electrons. The van der Waals surface area contributed by atoms with E-state index in [9.17, 15) is 28.8 Å². The first-order valence-electron chi connectivity index (χ1n) is 19.4. The molecule has 0 spiro atoms. The standard InChI is InChI=1S/C38H51N7O6/c1-3-8-26(31(46)36(50)43-29-22-15-23(22)29)41-35(49)30-21-12-7-11-20(21)18-45(30)37(51)32(38(2)24-16-25(24)38)44-34(48)28(19-9-5-4-6-10-19)42-33(47)27-17-39-13-14-40-27/h13-14,17,19-26,28-30,32H,3-12,15-16,18H2,1-2H3,(H,41,49)(H,42,47)(H,43,50)(H,44,48). The highest BCUT2D eigenvalue weighted by Crippen LogP contribution is 2.79. The molecule has 1 aliphatic heterocycles. The van der Waals surface area contributed by atoms with Gasteiger partial charge in [-0.3, -0.25) is 33.8 Å². The molecule has 51 heavy (non-hydrogen) atoms. The van der Waals surface area contributed by atoms with Gasteiger partial charge >= 0.3 is 0 Å². The van der Waals surface area contributed by atoms with Crippen LogP contribution >= 0.6 is 0 Å². The van der Waals surface area contributed by atoms with Crippen molar-refractivity contribution >= 4 is 35.3 Å². The van der Waals surface area contributed by atoms with Crippen LogP contribution in [0.25, 0.3) is 0 Å². The van der Waals surface area contributed by atoms with Crippen molar-refractivity contribution in [3.8, 4) is 0 Å². The molecular formula is C38H51N7O6. The second-order valence-electron chi connectivity index (χ2n) is 16.8. The van der Waals surface area contributed by atoms with E-state index in [-0.39, 0.29) is 35.4 Å². The lowest BCUT2D eigenvalue weighted by Crippen LogP contribution is -2.62. The quantitative estimate of drug-likeness (QED) is 0.213. The van der Waals surface area contributed by atoms with Crippen LogP contribution in [0.2, 0.25) is 0 Å². The summed E-state index contributed by atoms with van der Waals surface area (Å²) in [5, 5.41) is 11.8. The zero-order valence-electron chi connectivity index (χ0n) is 29.6. The van der Waals surface area contributed by atoms with Gasteiger partial charge in [-0.1, -0.05) is 46.0 Å². The maximum absolute atomic E-state index is 14.8. The highest BCUT2D eigenvalue weighted by atomic mass is 16.2. The van der Waals surface area contributed by atoms with Crippen LogP contribution in [-0.2, 0) is 24.0 Å². The fourth-order valence-electron chi connectivity index (χ4n) is 10.1. The molecule has 7 aliphatic rings. The topological polar surface area (TPSA) is 180 Å². The first-order chi connectivity index (χ1) is 24.6. The number of carbonyl (C=O) groups is 6. The van der Waals surface area contributed by atoms with E-state index in [1.54, 1.807) is 4.90 Å². The number of rotatable bonds is 14. The van der Waals surface area contributed by atoms with Crippen LogP contribution in [0.5, 0.6) is 0 Å². The number of likely N-dealkylation sites (tertiary alicyclic amines) is 1. The van der Waals surface area contributed by atoms with Gasteiger partial charge in [-0.05, 0) is 86.4 Å². The van der Waals surface area contributed by atoms with E-state index < -0.39 is 59.0 Å². The summed E-state index contributed by atoms with van der Waals surface area (Å²) >= 11 is 0. The Kier molecular flexibility index (Phi) is 8.89. The lowest BCUT2D eigenvalue weighted by Gasteiger charge is -2.37. The van der Waals surface area contributed by atoms with Gasteiger partial charge in [0, 0.05) is 30.4 Å². The van der Waals surface area contributed by atoms with Crippen molar-refractivity contribution in [2.45, 2.75) is 121 Å². The Bertz CT molecular complexity index is 1580. The fraction of sp³-hybridized carbons (Fsp3) is 0.737. The minimum Gasteiger partial charge on any atom is -0.346 e. The van der Waals surface area contributed by atoms with Crippen molar-refractivity contribution in [1.82, 2.24) is 36.1 Å². The summed E-state index contributed by atoms with van der Waals surface area (Å²) in [6.07, 6.45) is 14.5. The number of nitrogens with zero attached hydrogens (tertiary/aromatic N) is 3. The lowest BCUT2D eigenvalue weighted by atomic mass is 9.82. The van der Waals surface area contributed by atoms with Crippen LogP contribution in [0.3, 0.4) is 0 Å². The first kappa shape index (κ1) is 34.2. The Morgan fingerprint density at radius 3 is 2.29 bits per heavy atom. The summed E-state index contributed by atoms with van der Waals surface area (Å²) in [6.45, 7) is 4.36. The SMILES string of the molecule is CCCC(NC(=O)C1C2CCCC2CN1C(=O)C(NC(=O)C(NC(=O)c1cnccn1)C1CCCCC1)C1(C)C2CC21)C(=O)C(=O)NC1C2CC21. The monoisotopic (exact) mass is 701 g/mol. The normalized spacial score (nSPS) is 35.5. The molecule has 1 saturated heterocycles. The third-order valence-corrected chi connectivity index (χ3v) is 13.8. The van der Waals surface area contributed by atoms with Gasteiger partial charge in [0.1, 0.15) is 23.8 Å². The average Bonchev–Trinajstić information content (AvgIpc) is 4.08. The van der Waals surface area contributed by atoms with E-state index in [1.165, 1.54) is 18.6 Å². The second-order valence-corrected chi connectivity index (χ2v) is 16.8. The van der Waals surface area contributed by atoms with E-state index in [2.05, 4.69) is 31.2 Å². The summed E-state index contributed by atoms with van der Waals surface area (Å²) in [7, 11) is 0. The molecule has 0 bridgehead atoms. The van der Waals surface area contributed by atoms with Crippen LogP contribution < -0.4 is 21.3 Å². The number of Topliss-reactive ketones (excluding diaryl/α,β-unsaturated/α-hetero) is 1. The molecule has 10 unspecified atom stereocenters. The van der Waals surface area contributed by atoms with Crippen molar-refractivity contribution in [3.63, 3.8) is 0 Å². The predicted octanol–water partition coefficient (Wildman–Crippen LogP) is 1.91. The molecule has 1 aromatic rings. The number of carbonyl (C=O) groups excluding carboxylic acids is 6. The molecule has 1 aromatic heterocycles. The third-order valence-electron chi connectivity index (χ3n) is 13.8. The van der Waals surface area contributed by atoms with Crippen LogP contribution in [0.1, 0.15) is 101 Å². The number of hydrogen-bond acceptors (Lipinski definition) is 8. The van der Waals surface area contributed by atoms with E-state index in [0.717, 1.165) is 64.2 Å². The summed E-state index contributed by atoms with van der Waals surface area (Å²) in [6, 6.07) is -3.37. The Labute approximate surface area is 298 Å². The minimum absolute atomic E-state index is 0.0575. The Hall–Kier alpha value is -3.90. The second kappa shape index (κ2) is 13.3. The molecule has 10 atom stereocenters. The van der Waals surface area contributed by atoms with Gasteiger partial charge in [0.05, 0.1) is 12.2 Å². The number of fused-ring (bicyclic) bond motifs is 3. The van der Waals surface area contributed by atoms with Gasteiger partial charge in [0.15, 0.2) is 0 Å². The van der Waals surface area contributed by atoms with Gasteiger partial charge in [0.25, 0.3) is 11.8 Å². The van der Waals surface area contributed by atoms with Gasteiger partial charge < -0.3 is 26.2 Å². The number of aromatic nitrogens is 2. The Morgan fingerprint density at radius 2 is 1.67 bits per heavy atom. The highest BCUT2D eigenvalue weighted by Gasteiger charge is 2.78. The van der Waals surface area contributed by atoms with Crippen molar-refractivity contribution < 1.29 is 28.8 Å². The minimum atomic E-state index is -0.965. The number of hydrogen-bond donors (Lipinski definition) is 4. The van der Waals surface area contributed by atoms with E-state index >= 15 is 0 Å². The third kappa shape index (κ3) is 6.32. The fourth-order valence-corrected chi connectivity index (χ4v) is 10.1. The number of ketones is 1. The van der Waals surface area contributed by atoms with Crippen LogP contribution in [0.15, 0.2) is 18.6 Å². The lowest BCUT2D eigenvalue weighted by molar-refractivity contribution is -0.146. The van der Waals surface area contributed by atoms with Crippen molar-refractivity contribution in [2.24, 2.45) is 46.8 Å². The van der Waals surface area contributed by atoms with Gasteiger partial charge in [-0.15, -0.1) is 0 Å². The molecule has 2 heterocycles. The number of amides is 5. The summed E-state index contributed by atoms with van der Waals surface area (Å²) < 4.78 is 0. The van der Waals surface area contributed by atoms with E-state index in [0.29, 0.717) is 43.1 Å². The van der Waals surface area contributed by atoms with Crippen LogP contribution in [0.4, 0.5) is 0 Å². The molecule has 6 aliphatic carbocycles. The van der Waals surface area contributed by atoms with Crippen LogP contribution in [-0.4, -0.2) is 86.9 Å². The first-order valence-corrected chi connectivity index (χ1v) is 19.4. The molecule has 13 heteroatoms. The van der Waals surface area contributed by atoms with E-state index in [1.807, 2.05) is 13.8 Å². The number of nitrogens with one attached hydrogen (secondary N) is 4. The zero-order valence-corrected chi connectivity index (χ0v) is 29.6. The molecular weight excluding hydrogens is 650 g/mol. The molecule has 4 N–H and O–H groups in total. The predicted molar refractivity (Wildman–Crippen MR) is 183 cm³/mol. The maximum Gasteiger partial charge on any atom is 0.289 e. The molecule has 8 rings (SSSR count). The van der Waals surface area contributed by atoms with Gasteiger partial charge in [-0.2, -0.15) is 0 Å².